The van der Waals surface area contributed by atoms with Crippen LogP contribution in [0.4, 0.5) is 5.69 Å². The van der Waals surface area contributed by atoms with Crippen LogP contribution in [-0.4, -0.2) is 81.0 Å². The van der Waals surface area contributed by atoms with Gasteiger partial charge in [-0.3, -0.25) is 9.59 Å². The molecule has 0 radical (unpaired) electrons. The lowest BCUT2D eigenvalue weighted by Crippen LogP contribution is -2.50. The number of anilines is 1. The molecular formula is C22H32N4O4S. The highest BCUT2D eigenvalue weighted by Gasteiger charge is 2.44. The van der Waals surface area contributed by atoms with Crippen molar-refractivity contribution in [3.63, 3.8) is 0 Å². The largest absolute Gasteiger partial charge is 0.368 e. The van der Waals surface area contributed by atoms with Gasteiger partial charge in [-0.25, -0.2) is 8.42 Å². The fourth-order valence-electron chi connectivity index (χ4n) is 5.20. The van der Waals surface area contributed by atoms with E-state index in [1.807, 2.05) is 4.90 Å². The van der Waals surface area contributed by atoms with E-state index in [9.17, 15) is 18.0 Å². The Labute approximate surface area is 184 Å². The zero-order valence-electron chi connectivity index (χ0n) is 18.5. The number of benzene rings is 1. The molecule has 3 fully saturated rings. The fraction of sp³-hybridized carbons (Fsp3) is 0.636. The number of carbonyl (C=O) groups excluding carboxylic acids is 2. The Bertz CT molecular complexity index is 972. The van der Waals surface area contributed by atoms with Gasteiger partial charge in [0.2, 0.25) is 21.8 Å². The van der Waals surface area contributed by atoms with Crippen molar-refractivity contribution >= 4 is 27.5 Å². The number of amides is 2. The third-order valence-corrected chi connectivity index (χ3v) is 8.34. The summed E-state index contributed by atoms with van der Waals surface area (Å²) in [4.78, 5) is 29.7. The molecule has 0 unspecified atom stereocenters. The summed E-state index contributed by atoms with van der Waals surface area (Å²) in [6, 6.07) is 6.20. The number of nitrogens with one attached hydrogen (secondary N) is 1. The number of hydrogen-bond acceptors (Lipinski definition) is 5. The zero-order valence-corrected chi connectivity index (χ0v) is 19.3. The minimum atomic E-state index is -3.45. The molecule has 2 amide bonds. The maximum atomic E-state index is 13.2. The second-order valence-electron chi connectivity index (χ2n) is 9.19. The van der Waals surface area contributed by atoms with Crippen molar-refractivity contribution < 1.29 is 18.0 Å². The molecule has 1 N–H and O–H groups in total. The second kappa shape index (κ2) is 8.43. The van der Waals surface area contributed by atoms with Crippen LogP contribution in [0.25, 0.3) is 0 Å². The highest BCUT2D eigenvalue weighted by Crippen LogP contribution is 2.35. The minimum absolute atomic E-state index is 0.0219. The summed E-state index contributed by atoms with van der Waals surface area (Å²) in [6.07, 6.45) is 2.34. The van der Waals surface area contributed by atoms with Gasteiger partial charge in [-0.15, -0.1) is 0 Å². The number of fused-ring (bicyclic) bond motifs is 1. The topological polar surface area (TPSA) is 90.0 Å². The molecule has 170 valence electrons. The lowest BCUT2D eigenvalue weighted by atomic mass is 10.0. The lowest BCUT2D eigenvalue weighted by molar-refractivity contribution is -0.136. The molecule has 0 bridgehead atoms. The number of aryl methyl sites for hydroxylation is 1. The van der Waals surface area contributed by atoms with Crippen LogP contribution in [0, 0.1) is 25.7 Å². The molecule has 1 aromatic rings. The number of nitrogens with zero attached hydrogens (tertiary/aromatic N) is 3. The minimum Gasteiger partial charge on any atom is -0.368 e. The monoisotopic (exact) mass is 448 g/mol. The molecular weight excluding hydrogens is 416 g/mol. The average molecular weight is 449 g/mol. The van der Waals surface area contributed by atoms with Crippen LogP contribution in [0.2, 0.25) is 0 Å². The van der Waals surface area contributed by atoms with E-state index in [4.69, 9.17) is 0 Å². The Hall–Kier alpha value is -2.13. The summed E-state index contributed by atoms with van der Waals surface area (Å²) >= 11 is 0. The highest BCUT2D eigenvalue weighted by atomic mass is 32.2. The van der Waals surface area contributed by atoms with Crippen molar-refractivity contribution in [2.75, 3.05) is 50.4 Å². The SMILES string of the molecule is Cc1cccc(N2CCN(C(=O)[C@H]3C[C@@H]4CN(S(C)(=O)=O)CC(=O)N[C@@H]4C3)CC2)c1C. The van der Waals surface area contributed by atoms with E-state index in [0.717, 1.165) is 19.3 Å². The highest BCUT2D eigenvalue weighted by molar-refractivity contribution is 7.88. The predicted octanol–water partition coefficient (Wildman–Crippen LogP) is 0.738. The van der Waals surface area contributed by atoms with Gasteiger partial charge in [0.25, 0.3) is 0 Å². The number of piperazine rings is 1. The van der Waals surface area contributed by atoms with Crippen molar-refractivity contribution in [2.45, 2.75) is 32.7 Å². The van der Waals surface area contributed by atoms with E-state index in [1.165, 1.54) is 21.1 Å². The smallest absolute Gasteiger partial charge is 0.235 e. The molecule has 1 aromatic carbocycles. The van der Waals surface area contributed by atoms with Gasteiger partial charge in [0.05, 0.1) is 12.8 Å². The molecule has 3 atom stereocenters. The van der Waals surface area contributed by atoms with Crippen LogP contribution in [0.3, 0.4) is 0 Å². The number of carbonyl (C=O) groups is 2. The second-order valence-corrected chi connectivity index (χ2v) is 11.2. The number of hydrogen-bond donors (Lipinski definition) is 1. The summed E-state index contributed by atoms with van der Waals surface area (Å²) in [5, 5.41) is 2.95. The molecule has 31 heavy (non-hydrogen) atoms. The van der Waals surface area contributed by atoms with E-state index < -0.39 is 10.0 Å². The first kappa shape index (κ1) is 22.1. The van der Waals surface area contributed by atoms with Crippen LogP contribution in [-0.2, 0) is 19.6 Å². The molecule has 3 aliphatic rings. The summed E-state index contributed by atoms with van der Waals surface area (Å²) < 4.78 is 25.2. The zero-order chi connectivity index (χ0) is 22.3. The van der Waals surface area contributed by atoms with Gasteiger partial charge in [-0.05, 0) is 49.8 Å². The lowest BCUT2D eigenvalue weighted by Gasteiger charge is -2.38. The van der Waals surface area contributed by atoms with Crippen molar-refractivity contribution in [3.05, 3.63) is 29.3 Å². The summed E-state index contributed by atoms with van der Waals surface area (Å²) in [5.41, 5.74) is 3.79. The Morgan fingerprint density at radius 1 is 1.10 bits per heavy atom. The third kappa shape index (κ3) is 4.57. The van der Waals surface area contributed by atoms with E-state index in [1.54, 1.807) is 0 Å². The van der Waals surface area contributed by atoms with Crippen LogP contribution in [0.5, 0.6) is 0 Å². The molecule has 9 heteroatoms. The van der Waals surface area contributed by atoms with E-state index >= 15 is 0 Å². The molecule has 0 spiro atoms. The summed E-state index contributed by atoms with van der Waals surface area (Å²) in [6.45, 7) is 7.38. The van der Waals surface area contributed by atoms with Crippen LogP contribution >= 0.6 is 0 Å². The molecule has 1 aliphatic carbocycles. The van der Waals surface area contributed by atoms with Crippen molar-refractivity contribution in [1.82, 2.24) is 14.5 Å². The normalized spacial score (nSPS) is 27.6. The quantitative estimate of drug-likeness (QED) is 0.737. The van der Waals surface area contributed by atoms with Gasteiger partial charge < -0.3 is 15.1 Å². The van der Waals surface area contributed by atoms with Gasteiger partial charge in [0.15, 0.2) is 0 Å². The van der Waals surface area contributed by atoms with Crippen LogP contribution in [0.15, 0.2) is 18.2 Å². The van der Waals surface area contributed by atoms with E-state index in [0.29, 0.717) is 32.5 Å². The van der Waals surface area contributed by atoms with Gasteiger partial charge >= 0.3 is 0 Å². The maximum absolute atomic E-state index is 13.2. The molecule has 2 aliphatic heterocycles. The van der Waals surface area contributed by atoms with Crippen molar-refractivity contribution in [3.8, 4) is 0 Å². The number of sulfonamides is 1. The Morgan fingerprint density at radius 2 is 1.81 bits per heavy atom. The van der Waals surface area contributed by atoms with Gasteiger partial charge in [-0.1, -0.05) is 12.1 Å². The molecule has 0 aromatic heterocycles. The van der Waals surface area contributed by atoms with Gasteiger partial charge in [0, 0.05) is 50.4 Å². The first-order chi connectivity index (χ1) is 14.6. The molecule has 4 rings (SSSR count). The van der Waals surface area contributed by atoms with Crippen LogP contribution in [0.1, 0.15) is 24.0 Å². The number of rotatable bonds is 3. The standard InChI is InChI=1S/C22H32N4O4S/c1-15-5-4-6-20(16(15)2)24-7-9-25(10-8-24)22(28)17-11-18-13-26(31(3,29)30)14-21(27)23-19(18)12-17/h4-6,17-19H,7-14H2,1-3H3,(H,23,27)/t17-,18+,19+/m0/s1. The Morgan fingerprint density at radius 3 is 2.48 bits per heavy atom. The Balaban J connectivity index is 1.38. The van der Waals surface area contributed by atoms with E-state index in [-0.39, 0.29) is 36.2 Å². The third-order valence-electron chi connectivity index (χ3n) is 7.13. The van der Waals surface area contributed by atoms with Crippen LogP contribution < -0.4 is 10.2 Å². The van der Waals surface area contributed by atoms with Crippen molar-refractivity contribution in [2.24, 2.45) is 11.8 Å². The van der Waals surface area contributed by atoms with Gasteiger partial charge in [-0.2, -0.15) is 4.31 Å². The van der Waals surface area contributed by atoms with Crippen molar-refractivity contribution in [1.29, 1.82) is 0 Å². The molecule has 8 nitrogen and oxygen atoms in total. The average Bonchev–Trinajstić information content (AvgIpc) is 3.03. The van der Waals surface area contributed by atoms with Gasteiger partial charge in [0.1, 0.15) is 0 Å². The molecule has 2 saturated heterocycles. The molecule has 2 heterocycles. The van der Waals surface area contributed by atoms with E-state index in [2.05, 4.69) is 42.3 Å². The summed E-state index contributed by atoms with van der Waals surface area (Å²) in [7, 11) is -3.45. The summed E-state index contributed by atoms with van der Waals surface area (Å²) in [5.74, 6) is -0.338. The predicted molar refractivity (Wildman–Crippen MR) is 119 cm³/mol. The molecule has 1 saturated carbocycles. The maximum Gasteiger partial charge on any atom is 0.235 e. The Kier molecular flexibility index (Phi) is 6.00. The first-order valence-corrected chi connectivity index (χ1v) is 12.8. The fourth-order valence-corrected chi connectivity index (χ4v) is 6.01. The first-order valence-electron chi connectivity index (χ1n) is 11.0.